The predicted octanol–water partition coefficient (Wildman–Crippen LogP) is 2.82. The van der Waals surface area contributed by atoms with Crippen LogP contribution < -0.4 is 0 Å². The molecule has 8 heteroatoms. The minimum absolute atomic E-state index is 0.0248. The first-order valence-electron chi connectivity index (χ1n) is 5.68. The summed E-state index contributed by atoms with van der Waals surface area (Å²) in [5, 5.41) is 7.12. The number of carbonyl (C=O) groups is 1. The maximum absolute atomic E-state index is 13.4. The molecule has 2 rings (SSSR count). The van der Waals surface area contributed by atoms with E-state index < -0.39 is 17.6 Å². The van der Waals surface area contributed by atoms with Gasteiger partial charge in [0.25, 0.3) is 5.22 Å². The van der Waals surface area contributed by atoms with Crippen LogP contribution in [0.3, 0.4) is 0 Å². The first kappa shape index (κ1) is 14.4. The van der Waals surface area contributed by atoms with Gasteiger partial charge in [0.05, 0.1) is 6.61 Å². The van der Waals surface area contributed by atoms with E-state index in [1.807, 2.05) is 0 Å². The van der Waals surface area contributed by atoms with E-state index in [9.17, 15) is 13.6 Å². The zero-order chi connectivity index (χ0) is 14.5. The Labute approximate surface area is 117 Å². The van der Waals surface area contributed by atoms with E-state index in [0.29, 0.717) is 0 Å². The van der Waals surface area contributed by atoms with Crippen molar-refractivity contribution in [3.05, 3.63) is 41.3 Å². The van der Waals surface area contributed by atoms with Crippen molar-refractivity contribution in [2.75, 3.05) is 6.61 Å². The van der Waals surface area contributed by atoms with Gasteiger partial charge in [-0.3, -0.25) is 0 Å². The second-order valence-electron chi connectivity index (χ2n) is 3.58. The zero-order valence-electron chi connectivity index (χ0n) is 10.4. The molecule has 106 valence electrons. The molecular weight excluding hydrogens is 290 g/mol. The third-order valence-corrected chi connectivity index (χ3v) is 3.10. The molecule has 0 amide bonds. The Hall–Kier alpha value is -1.96. The lowest BCUT2D eigenvalue weighted by atomic mass is 10.2. The lowest BCUT2D eigenvalue weighted by Gasteiger charge is -2.01. The van der Waals surface area contributed by atoms with Crippen LogP contribution in [0.25, 0.3) is 0 Å². The summed E-state index contributed by atoms with van der Waals surface area (Å²) in [6.07, 6.45) is 0. The van der Waals surface area contributed by atoms with E-state index in [4.69, 9.17) is 4.42 Å². The molecule has 0 aliphatic carbocycles. The summed E-state index contributed by atoms with van der Waals surface area (Å²) in [6.45, 7) is 1.83. The van der Waals surface area contributed by atoms with Gasteiger partial charge in [-0.25, -0.2) is 13.6 Å². The number of benzene rings is 1. The van der Waals surface area contributed by atoms with E-state index in [2.05, 4.69) is 14.9 Å². The Kier molecular flexibility index (Phi) is 4.67. The fraction of sp³-hybridized carbons (Fsp3) is 0.250. The Morgan fingerprint density at radius 3 is 2.70 bits per heavy atom. The molecule has 5 nitrogen and oxygen atoms in total. The van der Waals surface area contributed by atoms with Gasteiger partial charge < -0.3 is 9.15 Å². The molecule has 0 saturated carbocycles. The maximum Gasteiger partial charge on any atom is 0.396 e. The van der Waals surface area contributed by atoms with Crippen molar-refractivity contribution >= 4 is 17.7 Å². The smallest absolute Gasteiger partial charge is 0.396 e. The highest BCUT2D eigenvalue weighted by atomic mass is 32.2. The van der Waals surface area contributed by atoms with Crippen molar-refractivity contribution in [3.63, 3.8) is 0 Å². The largest absolute Gasteiger partial charge is 0.459 e. The van der Waals surface area contributed by atoms with Crippen molar-refractivity contribution in [2.45, 2.75) is 17.9 Å². The summed E-state index contributed by atoms with van der Waals surface area (Å²) in [4.78, 5) is 11.3. The van der Waals surface area contributed by atoms with Crippen molar-refractivity contribution in [1.82, 2.24) is 10.2 Å². The Bertz CT molecular complexity index is 598. The SMILES string of the molecule is CCOC(=O)c1nnc(SCc2c(F)cccc2F)o1. The molecule has 1 heterocycles. The van der Waals surface area contributed by atoms with Gasteiger partial charge in [0.15, 0.2) is 0 Å². The zero-order valence-corrected chi connectivity index (χ0v) is 11.2. The highest BCUT2D eigenvalue weighted by Crippen LogP contribution is 2.24. The molecule has 0 aliphatic rings. The topological polar surface area (TPSA) is 65.2 Å². The molecule has 0 unspecified atom stereocenters. The van der Waals surface area contributed by atoms with E-state index >= 15 is 0 Å². The number of halogens is 2. The molecule has 20 heavy (non-hydrogen) atoms. The summed E-state index contributed by atoms with van der Waals surface area (Å²) in [7, 11) is 0. The minimum atomic E-state index is -0.732. The van der Waals surface area contributed by atoms with Crippen LogP contribution in [0.15, 0.2) is 27.8 Å². The van der Waals surface area contributed by atoms with Crippen LogP contribution in [0.2, 0.25) is 0 Å². The monoisotopic (exact) mass is 300 g/mol. The van der Waals surface area contributed by atoms with Gasteiger partial charge in [-0.15, -0.1) is 5.10 Å². The number of aromatic nitrogens is 2. The number of carbonyl (C=O) groups excluding carboxylic acids is 1. The van der Waals surface area contributed by atoms with Crippen LogP contribution in [-0.4, -0.2) is 22.8 Å². The van der Waals surface area contributed by atoms with E-state index in [-0.39, 0.29) is 29.0 Å². The summed E-state index contributed by atoms with van der Waals surface area (Å²) in [6, 6.07) is 3.61. The molecule has 0 saturated heterocycles. The number of thioether (sulfide) groups is 1. The normalized spacial score (nSPS) is 10.6. The molecule has 0 bridgehead atoms. The first-order chi connectivity index (χ1) is 9.61. The molecule has 0 aliphatic heterocycles. The Morgan fingerprint density at radius 2 is 2.05 bits per heavy atom. The molecular formula is C12H10F2N2O3S. The van der Waals surface area contributed by atoms with Crippen molar-refractivity contribution in [2.24, 2.45) is 0 Å². The lowest BCUT2D eigenvalue weighted by molar-refractivity contribution is 0.0475. The van der Waals surface area contributed by atoms with Crippen molar-refractivity contribution in [3.8, 4) is 0 Å². The van der Waals surface area contributed by atoms with E-state index in [0.717, 1.165) is 23.9 Å². The highest BCUT2D eigenvalue weighted by Gasteiger charge is 2.17. The summed E-state index contributed by atoms with van der Waals surface area (Å²) < 4.78 is 36.5. The van der Waals surface area contributed by atoms with Crippen LogP contribution in [-0.2, 0) is 10.5 Å². The maximum atomic E-state index is 13.4. The van der Waals surface area contributed by atoms with E-state index in [1.54, 1.807) is 6.92 Å². The van der Waals surface area contributed by atoms with Gasteiger partial charge in [0.1, 0.15) is 11.6 Å². The van der Waals surface area contributed by atoms with Crippen LogP contribution in [0.5, 0.6) is 0 Å². The molecule has 1 aromatic carbocycles. The van der Waals surface area contributed by atoms with Gasteiger partial charge in [0.2, 0.25) is 0 Å². The summed E-state index contributed by atoms with van der Waals surface area (Å²) in [5.41, 5.74) is -0.0895. The summed E-state index contributed by atoms with van der Waals surface area (Å²) >= 11 is 0.930. The second-order valence-corrected chi connectivity index (χ2v) is 4.51. The minimum Gasteiger partial charge on any atom is -0.459 e. The van der Waals surface area contributed by atoms with Gasteiger partial charge in [-0.1, -0.05) is 22.9 Å². The van der Waals surface area contributed by atoms with Gasteiger partial charge in [0, 0.05) is 11.3 Å². The Morgan fingerprint density at radius 1 is 1.35 bits per heavy atom. The molecule has 0 fully saturated rings. The highest BCUT2D eigenvalue weighted by molar-refractivity contribution is 7.98. The lowest BCUT2D eigenvalue weighted by Crippen LogP contribution is -2.04. The van der Waals surface area contributed by atoms with Gasteiger partial charge in [-0.2, -0.15) is 0 Å². The number of nitrogens with zero attached hydrogens (tertiary/aromatic N) is 2. The molecule has 0 N–H and O–H groups in total. The molecule has 1 aromatic heterocycles. The standard InChI is InChI=1S/C12H10F2N2O3S/c1-2-18-11(17)10-15-16-12(19-10)20-6-7-8(13)4-3-5-9(7)14/h3-5H,2,6H2,1H3. The third-order valence-electron chi connectivity index (χ3n) is 2.26. The second kappa shape index (κ2) is 6.47. The van der Waals surface area contributed by atoms with E-state index in [1.165, 1.54) is 6.07 Å². The van der Waals surface area contributed by atoms with Crippen molar-refractivity contribution < 1.29 is 22.7 Å². The van der Waals surface area contributed by atoms with Crippen LogP contribution in [0, 0.1) is 11.6 Å². The number of esters is 1. The average molecular weight is 300 g/mol. The number of hydrogen-bond donors (Lipinski definition) is 0. The quantitative estimate of drug-likeness (QED) is 0.625. The molecule has 0 atom stereocenters. The number of hydrogen-bond acceptors (Lipinski definition) is 6. The van der Waals surface area contributed by atoms with Crippen LogP contribution in [0.1, 0.15) is 23.2 Å². The van der Waals surface area contributed by atoms with Crippen LogP contribution >= 0.6 is 11.8 Å². The van der Waals surface area contributed by atoms with Crippen LogP contribution in [0.4, 0.5) is 8.78 Å². The van der Waals surface area contributed by atoms with Crippen molar-refractivity contribution in [1.29, 1.82) is 0 Å². The summed E-state index contributed by atoms with van der Waals surface area (Å²) in [5.74, 6) is -2.35. The predicted molar refractivity (Wildman–Crippen MR) is 66.2 cm³/mol. The molecule has 0 spiro atoms. The first-order valence-corrected chi connectivity index (χ1v) is 6.66. The average Bonchev–Trinajstić information content (AvgIpc) is 2.87. The fourth-order valence-electron chi connectivity index (χ4n) is 1.35. The fourth-order valence-corrected chi connectivity index (χ4v) is 2.13. The molecule has 2 aromatic rings. The van der Waals surface area contributed by atoms with Gasteiger partial charge in [-0.05, 0) is 19.1 Å². The molecule has 0 radical (unpaired) electrons. The number of rotatable bonds is 5. The number of ether oxygens (including phenoxy) is 1. The third kappa shape index (κ3) is 3.32. The van der Waals surface area contributed by atoms with Gasteiger partial charge >= 0.3 is 11.9 Å². The Balaban J connectivity index is 2.03.